The van der Waals surface area contributed by atoms with Gasteiger partial charge in [-0.1, -0.05) is 0 Å². The molecule has 0 saturated heterocycles. The first-order valence-corrected chi connectivity index (χ1v) is 6.71. The zero-order chi connectivity index (χ0) is 7.83. The molecule has 0 spiro atoms. The molecule has 1 rings (SSSR count). The zero-order valence-electron chi connectivity index (χ0n) is 5.63. The Morgan fingerprint density at radius 2 is 1.90 bits per heavy atom. The molecular weight excluding hydrogens is 256 g/mol. The van der Waals surface area contributed by atoms with Crippen molar-refractivity contribution in [1.82, 2.24) is 0 Å². The summed E-state index contributed by atoms with van der Waals surface area (Å²) in [6.07, 6.45) is -3.16. The van der Waals surface area contributed by atoms with Crippen LogP contribution in [0.15, 0.2) is 0 Å². The van der Waals surface area contributed by atoms with Gasteiger partial charge in [0.25, 0.3) is 0 Å². The summed E-state index contributed by atoms with van der Waals surface area (Å²) in [6, 6.07) is 0. The van der Waals surface area contributed by atoms with Crippen LogP contribution in [0.3, 0.4) is 0 Å². The maximum absolute atomic E-state index is 12.1. The van der Waals surface area contributed by atoms with Crippen LogP contribution in [0.2, 0.25) is 0 Å². The Balaban J connectivity index is 2.52. The fourth-order valence-electron chi connectivity index (χ4n) is 0.900. The predicted octanol–water partition coefficient (Wildman–Crippen LogP) is -0.952. The summed E-state index contributed by atoms with van der Waals surface area (Å²) in [5.74, 6) is 0. The Hall–Kier alpha value is 0.520. The van der Waals surface area contributed by atoms with Crippen LogP contribution in [-0.2, 0) is 0 Å². The molecule has 1 aliphatic rings. The molecule has 0 nitrogen and oxygen atoms in total. The van der Waals surface area contributed by atoms with Gasteiger partial charge in [0.05, 0.1) is 0 Å². The van der Waals surface area contributed by atoms with Crippen molar-refractivity contribution in [2.75, 3.05) is 9.36 Å². The zero-order valence-corrected chi connectivity index (χ0v) is 7.79. The average Bonchev–Trinajstić information content (AvgIpc) is 2.45. The van der Waals surface area contributed by atoms with Crippen molar-refractivity contribution in [3.8, 4) is 0 Å². The Kier molecular flexibility index (Phi) is 2.18. The van der Waals surface area contributed by atoms with Gasteiger partial charge in [-0.05, 0) is 0 Å². The molecule has 1 fully saturated rings. The molecule has 0 heterocycles. The number of hydrogen-bond acceptors (Lipinski definition) is 0. The summed E-state index contributed by atoms with van der Waals surface area (Å²) >= 11 is -0.206. The molecule has 0 radical (unpaired) electrons. The fourth-order valence-corrected chi connectivity index (χ4v) is 3.55. The summed E-state index contributed by atoms with van der Waals surface area (Å²) < 4.78 is 36.7. The molecule has 0 bridgehead atoms. The molecule has 1 aliphatic carbocycles. The van der Waals surface area contributed by atoms with E-state index in [-0.39, 0.29) is 21.2 Å². The van der Waals surface area contributed by atoms with Crippen LogP contribution in [0.25, 0.3) is 0 Å². The van der Waals surface area contributed by atoms with Gasteiger partial charge in [-0.25, -0.2) is 0 Å². The minimum absolute atomic E-state index is 0.206. The topological polar surface area (TPSA) is 0 Å². The van der Waals surface area contributed by atoms with E-state index in [1.165, 1.54) is 0 Å². The molecule has 0 atom stereocenters. The Morgan fingerprint density at radius 3 is 2.00 bits per heavy atom. The second kappa shape index (κ2) is 2.53. The molecule has 0 aliphatic heterocycles. The standard InChI is InChI=1S/C6H9F3I/c1-10-4-5(2-3-5)6(7,8)9/h2-4H2,1H3/q-1. The van der Waals surface area contributed by atoms with Gasteiger partial charge in [0.15, 0.2) is 0 Å². The quantitative estimate of drug-likeness (QED) is 0.446. The molecule has 4 heteroatoms. The predicted molar refractivity (Wildman–Crippen MR) is 28.5 cm³/mol. The summed E-state index contributed by atoms with van der Waals surface area (Å²) in [5.41, 5.74) is -1.21. The van der Waals surface area contributed by atoms with Crippen LogP contribution in [0, 0.1) is 5.41 Å². The molecule has 0 aromatic carbocycles. The van der Waals surface area contributed by atoms with Crippen molar-refractivity contribution in [2.24, 2.45) is 5.41 Å². The van der Waals surface area contributed by atoms with Crippen LogP contribution in [-0.4, -0.2) is 15.5 Å². The normalized spacial score (nSPS) is 23.2. The molecule has 0 N–H and O–H groups in total. The average molecular weight is 265 g/mol. The van der Waals surface area contributed by atoms with Crippen LogP contribution in [0.4, 0.5) is 13.2 Å². The molecule has 0 amide bonds. The summed E-state index contributed by atoms with van der Waals surface area (Å²) in [4.78, 5) is 1.91. The first-order chi connectivity index (χ1) is 4.52. The molecule has 62 valence electrons. The Labute approximate surface area is 68.4 Å². The minimum atomic E-state index is -3.91. The number of alkyl halides is 5. The molecule has 1 saturated carbocycles. The van der Waals surface area contributed by atoms with Gasteiger partial charge in [-0.3, -0.25) is 0 Å². The van der Waals surface area contributed by atoms with Crippen LogP contribution in [0.5, 0.6) is 0 Å². The van der Waals surface area contributed by atoms with Gasteiger partial charge in [0, 0.05) is 0 Å². The molecule has 10 heavy (non-hydrogen) atoms. The molecular formula is C6H9F3I-. The van der Waals surface area contributed by atoms with Crippen LogP contribution < -0.4 is 21.2 Å². The van der Waals surface area contributed by atoms with Gasteiger partial charge in [0.1, 0.15) is 0 Å². The summed E-state index contributed by atoms with van der Waals surface area (Å²) in [5, 5.41) is 0. The van der Waals surface area contributed by atoms with Crippen molar-refractivity contribution < 1.29 is 34.4 Å². The summed E-state index contributed by atoms with van der Waals surface area (Å²) in [7, 11) is 0. The maximum atomic E-state index is 12.1. The number of halogens is 4. The van der Waals surface area contributed by atoms with Crippen molar-refractivity contribution in [3.63, 3.8) is 0 Å². The SMILES string of the molecule is C[I-]CC1(C(F)(F)F)CC1. The molecule has 0 aromatic heterocycles. The van der Waals surface area contributed by atoms with E-state index in [0.29, 0.717) is 17.3 Å². The van der Waals surface area contributed by atoms with Crippen molar-refractivity contribution >= 4 is 0 Å². The van der Waals surface area contributed by atoms with E-state index >= 15 is 0 Å². The van der Waals surface area contributed by atoms with Crippen molar-refractivity contribution in [3.05, 3.63) is 0 Å². The van der Waals surface area contributed by atoms with E-state index < -0.39 is 11.6 Å². The van der Waals surface area contributed by atoms with E-state index in [4.69, 9.17) is 0 Å². The van der Waals surface area contributed by atoms with Gasteiger partial charge in [-0.2, -0.15) is 0 Å². The summed E-state index contributed by atoms with van der Waals surface area (Å²) in [6.45, 7) is 0. The first-order valence-electron chi connectivity index (χ1n) is 3.02. The molecule has 0 unspecified atom stereocenters. The van der Waals surface area contributed by atoms with Crippen LogP contribution in [0.1, 0.15) is 12.8 Å². The van der Waals surface area contributed by atoms with E-state index in [2.05, 4.69) is 0 Å². The van der Waals surface area contributed by atoms with Gasteiger partial charge in [0.2, 0.25) is 0 Å². The third-order valence-electron chi connectivity index (χ3n) is 1.84. The second-order valence-corrected chi connectivity index (χ2v) is 4.97. The van der Waals surface area contributed by atoms with E-state index in [0.717, 1.165) is 0 Å². The number of rotatable bonds is 2. The van der Waals surface area contributed by atoms with E-state index in [1.807, 2.05) is 4.93 Å². The third kappa shape index (κ3) is 1.40. The number of hydrogen-bond donors (Lipinski definition) is 0. The first kappa shape index (κ1) is 8.62. The van der Waals surface area contributed by atoms with Gasteiger partial charge >= 0.3 is 68.2 Å². The fraction of sp³-hybridized carbons (Fsp3) is 1.00. The Bertz CT molecular complexity index is 125. The van der Waals surface area contributed by atoms with E-state index in [9.17, 15) is 13.2 Å². The second-order valence-electron chi connectivity index (χ2n) is 2.68. The van der Waals surface area contributed by atoms with Gasteiger partial charge in [-0.15, -0.1) is 0 Å². The van der Waals surface area contributed by atoms with Crippen molar-refractivity contribution in [2.45, 2.75) is 19.0 Å². The molecule has 0 aromatic rings. The van der Waals surface area contributed by atoms with Crippen molar-refractivity contribution in [1.29, 1.82) is 0 Å². The Morgan fingerprint density at radius 1 is 1.40 bits per heavy atom. The van der Waals surface area contributed by atoms with Gasteiger partial charge < -0.3 is 0 Å². The van der Waals surface area contributed by atoms with Crippen LogP contribution >= 0.6 is 0 Å². The third-order valence-corrected chi connectivity index (χ3v) is 4.07. The monoisotopic (exact) mass is 265 g/mol. The van der Waals surface area contributed by atoms with E-state index in [1.54, 1.807) is 0 Å².